The van der Waals surface area contributed by atoms with E-state index in [1.165, 1.54) is 25.3 Å². The molecule has 5 aromatic rings. The van der Waals surface area contributed by atoms with Crippen molar-refractivity contribution in [1.29, 1.82) is 0 Å². The SMILES string of the molecule is C[C@@H](Oc1c(Cl)cc(C=Nn2c(-c3cc4cc(Cl)ccc4o3)nc3ccccc3c2=O)cc1Cl)C(=O)O. The molecule has 2 heterocycles. The topological polar surface area (TPSA) is 107 Å². The molecular formula is C26H16Cl3N3O5. The van der Waals surface area contributed by atoms with E-state index in [1.54, 1.807) is 48.5 Å². The van der Waals surface area contributed by atoms with Gasteiger partial charge in [-0.3, -0.25) is 4.79 Å². The molecule has 8 nitrogen and oxygen atoms in total. The minimum Gasteiger partial charge on any atom is -0.479 e. The van der Waals surface area contributed by atoms with Crippen LogP contribution in [0.1, 0.15) is 12.5 Å². The fourth-order valence-electron chi connectivity index (χ4n) is 3.63. The molecule has 0 unspecified atom stereocenters. The lowest BCUT2D eigenvalue weighted by molar-refractivity contribution is -0.144. The Morgan fingerprint density at radius 1 is 1.11 bits per heavy atom. The van der Waals surface area contributed by atoms with Crippen molar-refractivity contribution in [2.24, 2.45) is 5.10 Å². The summed E-state index contributed by atoms with van der Waals surface area (Å²) >= 11 is 18.7. The van der Waals surface area contributed by atoms with Crippen LogP contribution in [-0.4, -0.2) is 33.1 Å². The molecule has 0 amide bonds. The first-order valence-electron chi connectivity index (χ1n) is 10.9. The molecule has 37 heavy (non-hydrogen) atoms. The summed E-state index contributed by atoms with van der Waals surface area (Å²) in [5, 5.41) is 15.3. The third-order valence-electron chi connectivity index (χ3n) is 5.44. The second kappa shape index (κ2) is 9.89. The third kappa shape index (κ3) is 4.91. The van der Waals surface area contributed by atoms with E-state index in [-0.39, 0.29) is 21.6 Å². The van der Waals surface area contributed by atoms with Crippen molar-refractivity contribution in [3.63, 3.8) is 0 Å². The van der Waals surface area contributed by atoms with Crippen LogP contribution in [0.2, 0.25) is 15.1 Å². The van der Waals surface area contributed by atoms with Crippen LogP contribution in [0, 0.1) is 0 Å². The molecule has 0 saturated carbocycles. The maximum atomic E-state index is 13.4. The number of halogens is 3. The Morgan fingerprint density at radius 3 is 2.57 bits per heavy atom. The number of carbonyl (C=O) groups is 1. The Kier molecular flexibility index (Phi) is 6.64. The lowest BCUT2D eigenvalue weighted by atomic mass is 10.2. The number of carboxylic acids is 1. The van der Waals surface area contributed by atoms with E-state index in [4.69, 9.17) is 49.1 Å². The van der Waals surface area contributed by atoms with E-state index in [9.17, 15) is 9.59 Å². The maximum Gasteiger partial charge on any atom is 0.344 e. The summed E-state index contributed by atoms with van der Waals surface area (Å²) in [5.41, 5.74) is 1.07. The van der Waals surface area contributed by atoms with Gasteiger partial charge in [-0.2, -0.15) is 9.78 Å². The van der Waals surface area contributed by atoms with Gasteiger partial charge in [0.25, 0.3) is 5.56 Å². The van der Waals surface area contributed by atoms with Crippen LogP contribution in [0.3, 0.4) is 0 Å². The van der Waals surface area contributed by atoms with Crippen LogP contribution >= 0.6 is 34.8 Å². The van der Waals surface area contributed by atoms with Gasteiger partial charge in [-0.05, 0) is 61.0 Å². The quantitative estimate of drug-likeness (QED) is 0.239. The maximum absolute atomic E-state index is 13.4. The van der Waals surface area contributed by atoms with E-state index in [1.807, 2.05) is 0 Å². The van der Waals surface area contributed by atoms with Crippen molar-refractivity contribution in [3.8, 4) is 17.3 Å². The number of aliphatic carboxylic acids is 1. The second-order valence-electron chi connectivity index (χ2n) is 8.02. The van der Waals surface area contributed by atoms with E-state index < -0.39 is 17.6 Å². The molecule has 0 aliphatic heterocycles. The second-order valence-corrected chi connectivity index (χ2v) is 9.27. The van der Waals surface area contributed by atoms with Gasteiger partial charge in [-0.15, -0.1) is 0 Å². The smallest absolute Gasteiger partial charge is 0.344 e. The molecule has 11 heteroatoms. The van der Waals surface area contributed by atoms with Gasteiger partial charge >= 0.3 is 5.97 Å². The Morgan fingerprint density at radius 2 is 1.84 bits per heavy atom. The Balaban J connectivity index is 1.62. The van der Waals surface area contributed by atoms with Crippen LogP contribution < -0.4 is 10.3 Å². The summed E-state index contributed by atoms with van der Waals surface area (Å²) in [6, 6.07) is 16.8. The van der Waals surface area contributed by atoms with Gasteiger partial charge in [-0.25, -0.2) is 9.78 Å². The first kappa shape index (κ1) is 24.8. The van der Waals surface area contributed by atoms with Gasteiger partial charge in [0.15, 0.2) is 17.6 Å². The lowest BCUT2D eigenvalue weighted by Gasteiger charge is -2.14. The molecule has 0 radical (unpaired) electrons. The summed E-state index contributed by atoms with van der Waals surface area (Å²) in [5.74, 6) is -0.637. The summed E-state index contributed by atoms with van der Waals surface area (Å²) in [6.07, 6.45) is 0.223. The summed E-state index contributed by atoms with van der Waals surface area (Å²) in [7, 11) is 0. The Bertz CT molecular complexity index is 1750. The molecule has 0 saturated heterocycles. The number of furan rings is 1. The van der Waals surface area contributed by atoms with Crippen molar-refractivity contribution >= 4 is 68.9 Å². The largest absolute Gasteiger partial charge is 0.479 e. The predicted molar refractivity (Wildman–Crippen MR) is 143 cm³/mol. The van der Waals surface area contributed by atoms with Crippen molar-refractivity contribution in [3.05, 3.63) is 91.6 Å². The molecule has 5 rings (SSSR count). The molecule has 0 spiro atoms. The molecule has 186 valence electrons. The highest BCUT2D eigenvalue weighted by Gasteiger charge is 2.19. The Labute approximate surface area is 224 Å². The number of hydrogen-bond donors (Lipinski definition) is 1. The first-order chi connectivity index (χ1) is 17.7. The van der Waals surface area contributed by atoms with Crippen LogP contribution in [0.15, 0.2) is 75.0 Å². The number of ether oxygens (including phenoxy) is 1. The van der Waals surface area contributed by atoms with Gasteiger partial charge in [0.1, 0.15) is 5.58 Å². The number of benzene rings is 3. The predicted octanol–water partition coefficient (Wildman–Crippen LogP) is 6.50. The van der Waals surface area contributed by atoms with Gasteiger partial charge in [-0.1, -0.05) is 46.9 Å². The highest BCUT2D eigenvalue weighted by Crippen LogP contribution is 2.35. The average molecular weight is 557 g/mol. The fourth-order valence-corrected chi connectivity index (χ4v) is 4.41. The molecule has 0 aliphatic rings. The highest BCUT2D eigenvalue weighted by atomic mass is 35.5. The number of para-hydroxylation sites is 1. The van der Waals surface area contributed by atoms with Gasteiger partial charge in [0.2, 0.25) is 5.82 Å². The van der Waals surface area contributed by atoms with Crippen molar-refractivity contribution in [1.82, 2.24) is 9.66 Å². The van der Waals surface area contributed by atoms with Crippen LogP contribution in [-0.2, 0) is 4.79 Å². The zero-order valence-corrected chi connectivity index (χ0v) is 21.3. The molecule has 0 fully saturated rings. The summed E-state index contributed by atoms with van der Waals surface area (Å²) in [6.45, 7) is 1.36. The monoisotopic (exact) mass is 555 g/mol. The van der Waals surface area contributed by atoms with Crippen molar-refractivity contribution in [2.45, 2.75) is 13.0 Å². The molecule has 0 aliphatic carbocycles. The zero-order valence-electron chi connectivity index (χ0n) is 19.0. The summed E-state index contributed by atoms with van der Waals surface area (Å²) in [4.78, 5) is 29.1. The minimum atomic E-state index is -1.17. The number of aromatic nitrogens is 2. The van der Waals surface area contributed by atoms with Crippen molar-refractivity contribution in [2.75, 3.05) is 0 Å². The minimum absolute atomic E-state index is 0.0292. The number of hydrogen-bond acceptors (Lipinski definition) is 6. The Hall–Kier alpha value is -3.85. The number of rotatable bonds is 6. The standard InChI is InChI=1S/C26H16Cl3N3O5/c1-13(26(34)35)36-23-18(28)8-14(9-19(23)29)12-30-32-24(31-20-5-3-2-4-17(20)25(32)33)22-11-15-10-16(27)6-7-21(15)37-22/h2-13H,1H3,(H,34,35)/t13-/m1/s1. The number of nitrogens with zero attached hydrogens (tertiary/aromatic N) is 3. The zero-order chi connectivity index (χ0) is 26.3. The van der Waals surface area contributed by atoms with Crippen molar-refractivity contribution < 1.29 is 19.1 Å². The molecule has 1 N–H and O–H groups in total. The van der Waals surface area contributed by atoms with Gasteiger partial charge in [0, 0.05) is 10.4 Å². The molecule has 1 atom stereocenters. The van der Waals surface area contributed by atoms with Gasteiger partial charge < -0.3 is 14.3 Å². The highest BCUT2D eigenvalue weighted by molar-refractivity contribution is 6.37. The number of carboxylic acid groups (broad SMARTS) is 1. The van der Waals surface area contributed by atoms with Gasteiger partial charge in [0.05, 0.1) is 27.2 Å². The molecular weight excluding hydrogens is 541 g/mol. The summed E-state index contributed by atoms with van der Waals surface area (Å²) < 4.78 is 12.4. The third-order valence-corrected chi connectivity index (χ3v) is 6.23. The normalized spacial score (nSPS) is 12.4. The molecule has 2 aromatic heterocycles. The molecule has 0 bridgehead atoms. The van der Waals surface area contributed by atoms with E-state index in [2.05, 4.69) is 10.1 Å². The van der Waals surface area contributed by atoms with Crippen LogP contribution in [0.4, 0.5) is 0 Å². The van der Waals surface area contributed by atoms with E-state index in [0.29, 0.717) is 32.8 Å². The lowest BCUT2D eigenvalue weighted by Crippen LogP contribution is -2.23. The van der Waals surface area contributed by atoms with Crippen LogP contribution in [0.25, 0.3) is 33.5 Å². The van der Waals surface area contributed by atoms with Crippen LogP contribution in [0.5, 0.6) is 5.75 Å². The average Bonchev–Trinajstić information content (AvgIpc) is 3.28. The molecule has 3 aromatic carbocycles. The number of fused-ring (bicyclic) bond motifs is 2. The first-order valence-corrected chi connectivity index (χ1v) is 12.0. The van der Waals surface area contributed by atoms with E-state index in [0.717, 1.165) is 10.1 Å². The fraction of sp³-hybridized carbons (Fsp3) is 0.0769. The van der Waals surface area contributed by atoms with E-state index >= 15 is 0 Å².